The van der Waals surface area contributed by atoms with Gasteiger partial charge in [-0.3, -0.25) is 0 Å². The average molecular weight is 238 g/mol. The first-order valence-electron chi connectivity index (χ1n) is 7.40. The van der Waals surface area contributed by atoms with E-state index < -0.39 is 0 Å². The molecule has 0 radical (unpaired) electrons. The lowest BCUT2D eigenvalue weighted by Crippen LogP contribution is -2.28. The number of aryl methyl sites for hydroxylation is 1. The van der Waals surface area contributed by atoms with Gasteiger partial charge in [-0.2, -0.15) is 0 Å². The molecule has 2 fully saturated rings. The van der Waals surface area contributed by atoms with Crippen LogP contribution in [0.3, 0.4) is 0 Å². The molecule has 0 N–H and O–H groups in total. The predicted molar refractivity (Wildman–Crippen MR) is 75.9 cm³/mol. The molecule has 94 valence electrons. The van der Waals surface area contributed by atoms with Crippen LogP contribution >= 0.6 is 0 Å². The van der Waals surface area contributed by atoms with Crippen LogP contribution in [0.15, 0.2) is 30.4 Å². The largest absolute Gasteiger partial charge is 0.0996 e. The van der Waals surface area contributed by atoms with E-state index in [4.69, 9.17) is 0 Å². The summed E-state index contributed by atoms with van der Waals surface area (Å²) in [4.78, 5) is 0. The van der Waals surface area contributed by atoms with Gasteiger partial charge in [0.05, 0.1) is 0 Å². The molecule has 1 aromatic rings. The first-order valence-corrected chi connectivity index (χ1v) is 7.40. The van der Waals surface area contributed by atoms with Crippen molar-refractivity contribution in [2.24, 2.45) is 11.3 Å². The van der Waals surface area contributed by atoms with Crippen molar-refractivity contribution < 1.29 is 0 Å². The first-order chi connectivity index (χ1) is 8.63. The Bertz CT molecular complexity index is 539. The highest BCUT2D eigenvalue weighted by Crippen LogP contribution is 2.70. The monoisotopic (exact) mass is 238 g/mol. The van der Waals surface area contributed by atoms with Crippen molar-refractivity contribution in [1.82, 2.24) is 0 Å². The van der Waals surface area contributed by atoms with E-state index in [1.165, 1.54) is 31.2 Å². The van der Waals surface area contributed by atoms with Crippen molar-refractivity contribution >= 4 is 0 Å². The molecule has 0 nitrogen and oxygen atoms in total. The summed E-state index contributed by atoms with van der Waals surface area (Å²) in [6, 6.07) is 6.96. The summed E-state index contributed by atoms with van der Waals surface area (Å²) in [5.41, 5.74) is 6.95. The van der Waals surface area contributed by atoms with E-state index in [1.54, 1.807) is 16.7 Å². The lowest BCUT2D eigenvalue weighted by atomic mass is 9.64. The van der Waals surface area contributed by atoms with E-state index in [-0.39, 0.29) is 0 Å². The summed E-state index contributed by atoms with van der Waals surface area (Å²) in [6.07, 6.45) is 5.47. The standard InChI is InChI=1S/C18H22/c1-11-5-4-6-15-16-8-7-14-10-18(16,9-12(14)2)13(3)17(11)15/h4-6,13-14,16H,2,7-10H2,1,3H3. The molecule has 0 heteroatoms. The van der Waals surface area contributed by atoms with Gasteiger partial charge in [-0.15, -0.1) is 0 Å². The van der Waals surface area contributed by atoms with Crippen LogP contribution in [-0.2, 0) is 0 Å². The lowest BCUT2D eigenvalue weighted by Gasteiger charge is -2.39. The molecule has 1 aromatic carbocycles. The molecule has 0 aromatic heterocycles. The maximum atomic E-state index is 4.37. The van der Waals surface area contributed by atoms with Gasteiger partial charge >= 0.3 is 0 Å². The first kappa shape index (κ1) is 10.8. The fourth-order valence-electron chi connectivity index (χ4n) is 5.45. The molecular weight excluding hydrogens is 216 g/mol. The molecule has 1 spiro atoms. The van der Waals surface area contributed by atoms with Crippen molar-refractivity contribution in [1.29, 1.82) is 0 Å². The summed E-state index contributed by atoms with van der Waals surface area (Å²) in [7, 11) is 0. The summed E-state index contributed by atoms with van der Waals surface area (Å²) >= 11 is 0. The Kier molecular flexibility index (Phi) is 1.98. The zero-order valence-corrected chi connectivity index (χ0v) is 11.5. The maximum absolute atomic E-state index is 4.37. The van der Waals surface area contributed by atoms with Crippen molar-refractivity contribution in [3.63, 3.8) is 0 Å². The fourth-order valence-corrected chi connectivity index (χ4v) is 5.45. The van der Waals surface area contributed by atoms with E-state index >= 15 is 0 Å². The molecule has 4 atom stereocenters. The lowest BCUT2D eigenvalue weighted by molar-refractivity contribution is 0.159. The number of allylic oxidation sites excluding steroid dienone is 1. The van der Waals surface area contributed by atoms with Crippen molar-refractivity contribution in [2.75, 3.05) is 0 Å². The van der Waals surface area contributed by atoms with Gasteiger partial charge in [0.1, 0.15) is 0 Å². The van der Waals surface area contributed by atoms with Gasteiger partial charge in [0.2, 0.25) is 0 Å². The maximum Gasteiger partial charge on any atom is -0.00932 e. The van der Waals surface area contributed by atoms with Crippen LogP contribution in [0, 0.1) is 18.3 Å². The number of hydrogen-bond acceptors (Lipinski definition) is 0. The molecule has 2 saturated carbocycles. The zero-order valence-electron chi connectivity index (χ0n) is 11.5. The van der Waals surface area contributed by atoms with E-state index in [9.17, 15) is 0 Å². The van der Waals surface area contributed by atoms with Gasteiger partial charge in [0.15, 0.2) is 0 Å². The SMILES string of the molecule is C=C1CC23CC1CCC2c1cccc(C)c1C3C. The topological polar surface area (TPSA) is 0 Å². The smallest absolute Gasteiger partial charge is 0.00932 e. The molecule has 4 rings (SSSR count). The Labute approximate surface area is 110 Å². The molecule has 0 heterocycles. The second-order valence-corrected chi connectivity index (χ2v) is 6.90. The Hall–Kier alpha value is -1.04. The van der Waals surface area contributed by atoms with Crippen LogP contribution < -0.4 is 0 Å². The van der Waals surface area contributed by atoms with Crippen LogP contribution in [0.25, 0.3) is 0 Å². The quantitative estimate of drug-likeness (QED) is 0.561. The van der Waals surface area contributed by atoms with Gasteiger partial charge in [0, 0.05) is 0 Å². The van der Waals surface area contributed by atoms with Crippen molar-refractivity contribution in [3.8, 4) is 0 Å². The van der Waals surface area contributed by atoms with Gasteiger partial charge in [-0.1, -0.05) is 37.3 Å². The van der Waals surface area contributed by atoms with E-state index in [0.717, 1.165) is 17.8 Å². The van der Waals surface area contributed by atoms with Crippen LogP contribution in [0.2, 0.25) is 0 Å². The molecule has 18 heavy (non-hydrogen) atoms. The van der Waals surface area contributed by atoms with Gasteiger partial charge in [-0.05, 0) is 72.5 Å². The molecular formula is C18H22. The van der Waals surface area contributed by atoms with Gasteiger partial charge in [-0.25, -0.2) is 0 Å². The van der Waals surface area contributed by atoms with Crippen LogP contribution in [-0.4, -0.2) is 0 Å². The molecule has 0 saturated heterocycles. The van der Waals surface area contributed by atoms with Crippen molar-refractivity contribution in [3.05, 3.63) is 47.0 Å². The van der Waals surface area contributed by atoms with E-state index in [0.29, 0.717) is 5.41 Å². The van der Waals surface area contributed by atoms with Gasteiger partial charge in [0.25, 0.3) is 0 Å². The summed E-state index contributed by atoms with van der Waals surface area (Å²) in [6.45, 7) is 9.15. The minimum atomic E-state index is 0.536. The molecule has 0 aliphatic heterocycles. The molecule has 4 unspecified atom stereocenters. The fraction of sp³-hybridized carbons (Fsp3) is 0.556. The number of fused-ring (bicyclic) bond motifs is 3. The second-order valence-electron chi connectivity index (χ2n) is 6.90. The molecule has 2 bridgehead atoms. The third-order valence-corrected chi connectivity index (χ3v) is 6.29. The van der Waals surface area contributed by atoms with E-state index in [1.807, 2.05) is 0 Å². The second kappa shape index (κ2) is 3.29. The Morgan fingerprint density at radius 1 is 1.28 bits per heavy atom. The predicted octanol–water partition coefficient (Wildman–Crippen LogP) is 4.94. The Balaban J connectivity index is 1.93. The number of hydrogen-bond donors (Lipinski definition) is 0. The average Bonchev–Trinajstić information content (AvgIpc) is 2.75. The third-order valence-electron chi connectivity index (χ3n) is 6.29. The minimum Gasteiger partial charge on any atom is -0.0996 e. The molecule has 3 aliphatic carbocycles. The Morgan fingerprint density at radius 3 is 2.94 bits per heavy atom. The van der Waals surface area contributed by atoms with Crippen molar-refractivity contribution in [2.45, 2.75) is 51.4 Å². The molecule has 3 aliphatic rings. The van der Waals surface area contributed by atoms with Crippen LogP contribution in [0.4, 0.5) is 0 Å². The minimum absolute atomic E-state index is 0.536. The van der Waals surface area contributed by atoms with Crippen LogP contribution in [0.1, 0.15) is 61.1 Å². The molecule has 0 amide bonds. The number of benzene rings is 1. The van der Waals surface area contributed by atoms with Gasteiger partial charge < -0.3 is 0 Å². The van der Waals surface area contributed by atoms with Crippen LogP contribution in [0.5, 0.6) is 0 Å². The third kappa shape index (κ3) is 1.08. The zero-order chi connectivity index (χ0) is 12.5. The summed E-state index contributed by atoms with van der Waals surface area (Å²) in [5, 5.41) is 0. The number of rotatable bonds is 0. The summed E-state index contributed by atoms with van der Waals surface area (Å²) in [5.74, 6) is 2.39. The normalized spacial score (nSPS) is 40.8. The Morgan fingerprint density at radius 2 is 2.11 bits per heavy atom. The van der Waals surface area contributed by atoms with E-state index in [2.05, 4.69) is 38.6 Å². The highest BCUT2D eigenvalue weighted by molar-refractivity contribution is 5.49. The highest BCUT2D eigenvalue weighted by atomic mass is 14.6. The highest BCUT2D eigenvalue weighted by Gasteiger charge is 2.57. The summed E-state index contributed by atoms with van der Waals surface area (Å²) < 4.78 is 0.